The van der Waals surface area contributed by atoms with Gasteiger partial charge in [0.05, 0.1) is 0 Å². The molecule has 0 aromatic rings. The van der Waals surface area contributed by atoms with E-state index < -0.39 is 0 Å². The van der Waals surface area contributed by atoms with Crippen LogP contribution in [0.15, 0.2) is 0 Å². The smallest absolute Gasteiger partial charge is 0.0431 e. The van der Waals surface area contributed by atoms with Gasteiger partial charge in [0, 0.05) is 18.4 Å². The van der Waals surface area contributed by atoms with Crippen molar-refractivity contribution >= 4 is 11.8 Å². The molecule has 0 radical (unpaired) electrons. The lowest BCUT2D eigenvalue weighted by Crippen LogP contribution is -2.40. The Morgan fingerprint density at radius 1 is 1.33 bits per heavy atom. The number of hydrogen-bond acceptors (Lipinski definition) is 3. The Kier molecular flexibility index (Phi) is 6.02. The lowest BCUT2D eigenvalue weighted by Gasteiger charge is -2.35. The maximum Gasteiger partial charge on any atom is 0.0431 e. The number of thioether (sulfide) groups is 1. The van der Waals surface area contributed by atoms with Crippen LogP contribution in [-0.4, -0.2) is 35.8 Å². The molecule has 2 nitrogen and oxygen atoms in total. The number of unbranched alkanes of at least 4 members (excludes halogenated alkanes) is 2. The maximum atomic E-state index is 8.66. The van der Waals surface area contributed by atoms with Crippen molar-refractivity contribution in [3.05, 3.63) is 0 Å². The van der Waals surface area contributed by atoms with Gasteiger partial charge < -0.3 is 10.4 Å². The van der Waals surface area contributed by atoms with E-state index in [4.69, 9.17) is 5.11 Å². The quantitative estimate of drug-likeness (QED) is 0.688. The summed E-state index contributed by atoms with van der Waals surface area (Å²) in [5, 5.41) is 12.3. The second kappa shape index (κ2) is 6.77. The third-order valence-electron chi connectivity index (χ3n) is 2.88. The van der Waals surface area contributed by atoms with Crippen LogP contribution < -0.4 is 5.32 Å². The predicted octanol–water partition coefficient (Wildman–Crippen LogP) is 2.27. The van der Waals surface area contributed by atoms with Gasteiger partial charge in [-0.15, -0.1) is 0 Å². The Hall–Kier alpha value is 0.270. The fraction of sp³-hybridized carbons (Fsp3) is 1.00. The van der Waals surface area contributed by atoms with Crippen LogP contribution in [0.5, 0.6) is 0 Å². The van der Waals surface area contributed by atoms with E-state index in [9.17, 15) is 0 Å². The van der Waals surface area contributed by atoms with E-state index in [1.165, 1.54) is 24.3 Å². The van der Waals surface area contributed by atoms with Gasteiger partial charge in [0.1, 0.15) is 0 Å². The summed E-state index contributed by atoms with van der Waals surface area (Å²) in [5.74, 6) is 2.57. The van der Waals surface area contributed by atoms with Crippen molar-refractivity contribution in [2.45, 2.75) is 45.6 Å². The summed E-state index contributed by atoms with van der Waals surface area (Å²) in [7, 11) is 0. The second-order valence-corrected chi connectivity index (χ2v) is 6.35. The zero-order chi connectivity index (χ0) is 11.1. The molecule has 1 aliphatic rings. The highest BCUT2D eigenvalue weighted by atomic mass is 32.2. The summed E-state index contributed by atoms with van der Waals surface area (Å²) in [6.45, 7) is 6.17. The third-order valence-corrected chi connectivity index (χ3v) is 4.50. The zero-order valence-corrected chi connectivity index (χ0v) is 10.9. The molecule has 15 heavy (non-hydrogen) atoms. The van der Waals surface area contributed by atoms with Gasteiger partial charge in [-0.05, 0) is 43.4 Å². The van der Waals surface area contributed by atoms with E-state index in [2.05, 4.69) is 30.9 Å². The lowest BCUT2D eigenvalue weighted by molar-refractivity contribution is 0.280. The first-order valence-electron chi connectivity index (χ1n) is 6.06. The molecule has 0 amide bonds. The molecule has 90 valence electrons. The van der Waals surface area contributed by atoms with Gasteiger partial charge in [-0.1, -0.05) is 13.8 Å². The van der Waals surface area contributed by atoms with Crippen LogP contribution in [0.3, 0.4) is 0 Å². The number of aliphatic hydroxyl groups excluding tert-OH is 1. The molecular weight excluding hydrogens is 206 g/mol. The second-order valence-electron chi connectivity index (χ2n) is 5.32. The van der Waals surface area contributed by atoms with Crippen LogP contribution in [0.2, 0.25) is 0 Å². The minimum Gasteiger partial charge on any atom is -0.396 e. The molecule has 1 fully saturated rings. The molecule has 1 rings (SSSR count). The molecule has 1 unspecified atom stereocenters. The van der Waals surface area contributed by atoms with Gasteiger partial charge in [-0.3, -0.25) is 0 Å². The highest BCUT2D eigenvalue weighted by molar-refractivity contribution is 7.99. The molecule has 0 aromatic carbocycles. The minimum absolute atomic E-state index is 0.340. The number of hydrogen-bond donors (Lipinski definition) is 2. The third kappa shape index (κ3) is 5.79. The minimum atomic E-state index is 0.340. The first-order chi connectivity index (χ1) is 7.14. The van der Waals surface area contributed by atoms with Crippen molar-refractivity contribution < 1.29 is 5.11 Å². The van der Waals surface area contributed by atoms with Crippen LogP contribution in [0, 0.1) is 5.41 Å². The molecule has 2 N–H and O–H groups in total. The molecule has 0 spiro atoms. The van der Waals surface area contributed by atoms with Gasteiger partial charge in [-0.25, -0.2) is 0 Å². The molecule has 1 atom stereocenters. The summed E-state index contributed by atoms with van der Waals surface area (Å²) < 4.78 is 0. The predicted molar refractivity (Wildman–Crippen MR) is 68.5 cm³/mol. The highest BCUT2D eigenvalue weighted by Gasteiger charge is 2.27. The highest BCUT2D eigenvalue weighted by Crippen LogP contribution is 2.33. The SMILES string of the molecule is CC1(C)CSCC(NCCCCCO)C1. The summed E-state index contributed by atoms with van der Waals surface area (Å²) in [4.78, 5) is 0. The van der Waals surface area contributed by atoms with Crippen LogP contribution >= 0.6 is 11.8 Å². The number of aliphatic hydroxyl groups is 1. The maximum absolute atomic E-state index is 8.66. The Labute approximate surface area is 98.2 Å². The Morgan fingerprint density at radius 2 is 2.13 bits per heavy atom. The normalized spacial score (nSPS) is 25.4. The monoisotopic (exact) mass is 231 g/mol. The average molecular weight is 231 g/mol. The van der Waals surface area contributed by atoms with Crippen molar-refractivity contribution in [2.75, 3.05) is 24.7 Å². The molecule has 0 aromatic heterocycles. The fourth-order valence-electron chi connectivity index (χ4n) is 2.11. The van der Waals surface area contributed by atoms with Crippen molar-refractivity contribution in [3.8, 4) is 0 Å². The number of rotatable bonds is 6. The number of nitrogens with one attached hydrogen (secondary N) is 1. The van der Waals surface area contributed by atoms with E-state index in [-0.39, 0.29) is 0 Å². The summed E-state index contributed by atoms with van der Waals surface area (Å²) in [5.41, 5.74) is 0.506. The summed E-state index contributed by atoms with van der Waals surface area (Å²) in [6.07, 6.45) is 4.60. The first kappa shape index (κ1) is 13.3. The van der Waals surface area contributed by atoms with E-state index in [0.29, 0.717) is 18.1 Å². The fourth-order valence-corrected chi connectivity index (χ4v) is 3.42. The van der Waals surface area contributed by atoms with Crippen molar-refractivity contribution in [1.29, 1.82) is 0 Å². The van der Waals surface area contributed by atoms with E-state index >= 15 is 0 Å². The van der Waals surface area contributed by atoms with Crippen molar-refractivity contribution in [3.63, 3.8) is 0 Å². The van der Waals surface area contributed by atoms with Crippen LogP contribution in [0.1, 0.15) is 39.5 Å². The van der Waals surface area contributed by atoms with Gasteiger partial charge >= 0.3 is 0 Å². The Morgan fingerprint density at radius 3 is 2.80 bits per heavy atom. The molecule has 0 saturated carbocycles. The van der Waals surface area contributed by atoms with E-state index in [0.717, 1.165) is 19.4 Å². The molecule has 3 heteroatoms. The zero-order valence-electron chi connectivity index (χ0n) is 10.1. The van der Waals surface area contributed by atoms with Gasteiger partial charge in [-0.2, -0.15) is 11.8 Å². The van der Waals surface area contributed by atoms with Gasteiger partial charge in [0.2, 0.25) is 0 Å². The molecule has 1 aliphatic heterocycles. The standard InChI is InChI=1S/C12H25NOS/c1-12(2)8-11(9-15-10-12)13-6-4-3-5-7-14/h11,13-14H,3-10H2,1-2H3. The first-order valence-corrected chi connectivity index (χ1v) is 7.21. The van der Waals surface area contributed by atoms with Gasteiger partial charge in [0.25, 0.3) is 0 Å². The molecule has 1 heterocycles. The molecular formula is C12H25NOS. The van der Waals surface area contributed by atoms with Crippen LogP contribution in [-0.2, 0) is 0 Å². The van der Waals surface area contributed by atoms with Gasteiger partial charge in [0.15, 0.2) is 0 Å². The summed E-state index contributed by atoms with van der Waals surface area (Å²) in [6, 6.07) is 0.702. The van der Waals surface area contributed by atoms with E-state index in [1.54, 1.807) is 0 Å². The molecule has 0 aliphatic carbocycles. The topological polar surface area (TPSA) is 32.3 Å². The Bertz CT molecular complexity index is 173. The average Bonchev–Trinajstić information content (AvgIpc) is 2.16. The summed E-state index contributed by atoms with van der Waals surface area (Å²) >= 11 is 2.08. The van der Waals surface area contributed by atoms with Crippen molar-refractivity contribution in [2.24, 2.45) is 5.41 Å². The molecule has 1 saturated heterocycles. The van der Waals surface area contributed by atoms with E-state index in [1.807, 2.05) is 0 Å². The largest absolute Gasteiger partial charge is 0.396 e. The molecule has 0 bridgehead atoms. The lowest BCUT2D eigenvalue weighted by atomic mass is 9.88. The van der Waals surface area contributed by atoms with Crippen LogP contribution in [0.25, 0.3) is 0 Å². The van der Waals surface area contributed by atoms with Crippen molar-refractivity contribution in [1.82, 2.24) is 5.32 Å². The van der Waals surface area contributed by atoms with Crippen LogP contribution in [0.4, 0.5) is 0 Å². The Balaban J connectivity index is 2.05.